The average Bonchev–Trinajstić information content (AvgIpc) is 2.97. The monoisotopic (exact) mass is 305 g/mol. The lowest BCUT2D eigenvalue weighted by Gasteiger charge is -2.26. The molecular weight excluding hydrogens is 290 g/mol. The Bertz CT molecular complexity index is 526. The quantitative estimate of drug-likeness (QED) is 0.599. The molecule has 2 aliphatic rings. The van der Waals surface area contributed by atoms with Gasteiger partial charge in [-0.1, -0.05) is 28.8 Å². The van der Waals surface area contributed by atoms with E-state index in [0.29, 0.717) is 0 Å². The first-order valence-corrected chi connectivity index (χ1v) is 7.45. The van der Waals surface area contributed by atoms with Crippen molar-refractivity contribution >= 4 is 22.0 Å². The van der Waals surface area contributed by atoms with Crippen LogP contribution in [0.5, 0.6) is 0 Å². The third-order valence-electron chi connectivity index (χ3n) is 4.37. The minimum absolute atomic E-state index is 0.278. The predicted octanol–water partition coefficient (Wildman–Crippen LogP) is 4.04. The Morgan fingerprint density at radius 2 is 1.94 bits per heavy atom. The molecule has 1 aromatic rings. The predicted molar refractivity (Wildman–Crippen MR) is 74.4 cm³/mol. The van der Waals surface area contributed by atoms with E-state index in [-0.39, 0.29) is 5.54 Å². The smallest absolute Gasteiger partial charge is 0.211 e. The Hall–Kier alpha value is -0.920. The van der Waals surface area contributed by atoms with Crippen LogP contribution in [0.15, 0.2) is 21.6 Å². The number of benzene rings is 1. The van der Waals surface area contributed by atoms with E-state index in [1.165, 1.54) is 23.1 Å². The van der Waals surface area contributed by atoms with Crippen LogP contribution in [0.3, 0.4) is 0 Å². The van der Waals surface area contributed by atoms with Gasteiger partial charge in [0.25, 0.3) is 0 Å². The summed E-state index contributed by atoms with van der Waals surface area (Å²) in [5.74, 6) is 0. The molecule has 2 aliphatic carbocycles. The summed E-state index contributed by atoms with van der Waals surface area (Å²) in [4.78, 5) is 15.0. The Labute approximate surface area is 116 Å². The molecule has 0 bridgehead atoms. The van der Waals surface area contributed by atoms with Crippen molar-refractivity contribution in [2.45, 2.75) is 50.5 Å². The summed E-state index contributed by atoms with van der Waals surface area (Å²) in [5.41, 5.74) is 3.89. The molecule has 0 N–H and O–H groups in total. The van der Waals surface area contributed by atoms with Crippen molar-refractivity contribution in [1.29, 1.82) is 0 Å². The second-order valence-electron chi connectivity index (χ2n) is 5.39. The molecule has 0 radical (unpaired) electrons. The minimum atomic E-state index is -0.278. The van der Waals surface area contributed by atoms with Crippen LogP contribution in [0.25, 0.3) is 0 Å². The van der Waals surface area contributed by atoms with Crippen LogP contribution >= 0.6 is 15.9 Å². The zero-order chi connectivity index (χ0) is 12.6. The number of carbonyl (C=O) groups excluding carboxylic acids is 1. The van der Waals surface area contributed by atoms with Gasteiger partial charge in [-0.15, -0.1) is 0 Å². The summed E-state index contributed by atoms with van der Waals surface area (Å²) >= 11 is 3.60. The van der Waals surface area contributed by atoms with Crippen molar-refractivity contribution in [3.05, 3.63) is 33.3 Å². The van der Waals surface area contributed by atoms with E-state index in [1.807, 2.05) is 6.08 Å². The highest BCUT2D eigenvalue weighted by Crippen LogP contribution is 2.46. The van der Waals surface area contributed by atoms with Gasteiger partial charge in [-0.05, 0) is 60.9 Å². The van der Waals surface area contributed by atoms with Gasteiger partial charge in [-0.3, -0.25) is 0 Å². The number of nitrogens with zero attached hydrogens (tertiary/aromatic N) is 1. The molecule has 0 aromatic heterocycles. The largest absolute Gasteiger partial charge is 0.235 e. The molecule has 94 valence electrons. The second-order valence-corrected chi connectivity index (χ2v) is 6.30. The molecule has 2 nitrogen and oxygen atoms in total. The van der Waals surface area contributed by atoms with Crippen molar-refractivity contribution < 1.29 is 4.79 Å². The van der Waals surface area contributed by atoms with Gasteiger partial charge in [0.2, 0.25) is 6.08 Å². The van der Waals surface area contributed by atoms with E-state index in [2.05, 4.69) is 33.1 Å². The molecule has 0 aliphatic heterocycles. The van der Waals surface area contributed by atoms with E-state index in [9.17, 15) is 4.79 Å². The van der Waals surface area contributed by atoms with Crippen molar-refractivity contribution in [1.82, 2.24) is 0 Å². The number of hydrogen-bond donors (Lipinski definition) is 0. The maximum absolute atomic E-state index is 10.8. The van der Waals surface area contributed by atoms with Crippen molar-refractivity contribution in [2.24, 2.45) is 4.99 Å². The molecule has 1 saturated carbocycles. The second kappa shape index (κ2) is 4.64. The Kier molecular flexibility index (Phi) is 3.13. The highest BCUT2D eigenvalue weighted by atomic mass is 79.9. The van der Waals surface area contributed by atoms with E-state index < -0.39 is 0 Å². The van der Waals surface area contributed by atoms with Crippen LogP contribution in [-0.4, -0.2) is 6.08 Å². The molecule has 0 saturated heterocycles. The van der Waals surface area contributed by atoms with Crippen LogP contribution in [0.4, 0.5) is 0 Å². The molecule has 3 rings (SSSR count). The highest BCUT2D eigenvalue weighted by molar-refractivity contribution is 9.10. The Morgan fingerprint density at radius 3 is 2.67 bits per heavy atom. The van der Waals surface area contributed by atoms with Crippen molar-refractivity contribution in [3.63, 3.8) is 0 Å². The summed E-state index contributed by atoms with van der Waals surface area (Å²) < 4.78 is 1.12. The van der Waals surface area contributed by atoms with E-state index in [0.717, 1.165) is 43.0 Å². The molecule has 1 aromatic carbocycles. The number of aliphatic imine (C=N–C) groups is 1. The topological polar surface area (TPSA) is 29.4 Å². The van der Waals surface area contributed by atoms with Crippen molar-refractivity contribution in [3.8, 4) is 0 Å². The number of fused-ring (bicyclic) bond motifs is 1. The van der Waals surface area contributed by atoms with Gasteiger partial charge in [-0.2, -0.15) is 4.99 Å². The van der Waals surface area contributed by atoms with Crippen LogP contribution in [-0.2, 0) is 23.2 Å². The number of halogens is 1. The molecule has 0 spiro atoms. The molecular formula is C15H16BrNO. The summed E-state index contributed by atoms with van der Waals surface area (Å²) in [6.45, 7) is 0. The molecule has 0 atom stereocenters. The lowest BCUT2D eigenvalue weighted by atomic mass is 9.84. The third-order valence-corrected chi connectivity index (χ3v) is 4.83. The lowest BCUT2D eigenvalue weighted by Crippen LogP contribution is -2.21. The summed E-state index contributed by atoms with van der Waals surface area (Å²) in [5, 5.41) is 0. The van der Waals surface area contributed by atoms with Gasteiger partial charge >= 0.3 is 0 Å². The SMILES string of the molecule is O=C=NC1(c2cc(Br)cc3c2CCC3)CCCC1. The number of isocyanates is 1. The first kappa shape index (κ1) is 12.1. The molecule has 0 heterocycles. The van der Waals surface area contributed by atoms with Gasteiger partial charge in [0, 0.05) is 4.47 Å². The standard InChI is InChI=1S/C15H16BrNO/c16-12-8-11-4-3-5-13(11)14(9-12)15(17-10-18)6-1-2-7-15/h8-9H,1-7H2. The summed E-state index contributed by atoms with van der Waals surface area (Å²) in [6, 6.07) is 4.40. The molecule has 3 heteroatoms. The van der Waals surface area contributed by atoms with Gasteiger partial charge in [0.05, 0.1) is 5.54 Å². The van der Waals surface area contributed by atoms with E-state index in [4.69, 9.17) is 0 Å². The first-order chi connectivity index (χ1) is 8.75. The van der Waals surface area contributed by atoms with E-state index in [1.54, 1.807) is 0 Å². The third kappa shape index (κ3) is 1.86. The number of rotatable bonds is 2. The van der Waals surface area contributed by atoms with Crippen molar-refractivity contribution in [2.75, 3.05) is 0 Å². The zero-order valence-electron chi connectivity index (χ0n) is 10.3. The summed E-state index contributed by atoms with van der Waals surface area (Å²) in [7, 11) is 0. The normalized spacial score (nSPS) is 20.5. The Morgan fingerprint density at radius 1 is 1.17 bits per heavy atom. The Balaban J connectivity index is 2.18. The van der Waals surface area contributed by atoms with Crippen LogP contribution in [0.1, 0.15) is 48.8 Å². The maximum Gasteiger partial charge on any atom is 0.235 e. The number of aryl methyl sites for hydroxylation is 1. The fraction of sp³-hybridized carbons (Fsp3) is 0.533. The maximum atomic E-state index is 10.8. The van der Waals surface area contributed by atoms with Crippen LogP contribution in [0.2, 0.25) is 0 Å². The first-order valence-electron chi connectivity index (χ1n) is 6.66. The molecule has 1 fully saturated rings. The average molecular weight is 306 g/mol. The molecule has 0 amide bonds. The van der Waals surface area contributed by atoms with Gasteiger partial charge < -0.3 is 0 Å². The van der Waals surface area contributed by atoms with Gasteiger partial charge in [-0.25, -0.2) is 4.79 Å². The molecule has 0 unspecified atom stereocenters. The lowest BCUT2D eigenvalue weighted by molar-refractivity contribution is 0.452. The fourth-order valence-corrected chi connectivity index (χ4v) is 4.08. The van der Waals surface area contributed by atoms with Crippen LogP contribution in [0, 0.1) is 0 Å². The number of hydrogen-bond acceptors (Lipinski definition) is 2. The van der Waals surface area contributed by atoms with Gasteiger partial charge in [0.1, 0.15) is 0 Å². The molecule has 18 heavy (non-hydrogen) atoms. The zero-order valence-corrected chi connectivity index (χ0v) is 11.9. The van der Waals surface area contributed by atoms with Crippen LogP contribution < -0.4 is 0 Å². The summed E-state index contributed by atoms with van der Waals surface area (Å²) in [6.07, 6.45) is 9.63. The fourth-order valence-electron chi connectivity index (χ4n) is 3.57. The van der Waals surface area contributed by atoms with Gasteiger partial charge in [0.15, 0.2) is 0 Å². The highest BCUT2D eigenvalue weighted by Gasteiger charge is 2.38. The minimum Gasteiger partial charge on any atom is -0.211 e. The van der Waals surface area contributed by atoms with E-state index >= 15 is 0 Å².